The van der Waals surface area contributed by atoms with Crippen LogP contribution >= 0.6 is 0 Å². The third-order valence-electron chi connectivity index (χ3n) is 4.09. The van der Waals surface area contributed by atoms with Gasteiger partial charge in [0.05, 0.1) is 14.1 Å². The SMILES string of the molecule is CC1CCN(/N=N/O[O-])CC1.CN1CCN(C)CC1.[B]C[NH+](C)C. The van der Waals surface area contributed by atoms with E-state index in [1.54, 1.807) is 5.01 Å². The fraction of sp³-hybridized carbons (Fsp3) is 1.00. The predicted molar refractivity (Wildman–Crippen MR) is 94.3 cm³/mol. The Morgan fingerprint density at radius 1 is 1.04 bits per heavy atom. The van der Waals surface area contributed by atoms with Crippen LogP contribution in [0.1, 0.15) is 19.8 Å². The molecule has 0 aromatic heterocycles. The largest absolute Gasteiger partial charge is 0.636 e. The molecule has 9 heteroatoms. The zero-order valence-electron chi connectivity index (χ0n) is 16.1. The zero-order valence-corrected chi connectivity index (χ0v) is 16.1. The molecule has 0 amide bonds. The fourth-order valence-electron chi connectivity index (χ4n) is 2.06. The highest BCUT2D eigenvalue weighted by molar-refractivity contribution is 6.07. The molecule has 2 saturated heterocycles. The molecule has 140 valence electrons. The molecule has 0 atom stereocenters. The van der Waals surface area contributed by atoms with E-state index < -0.39 is 0 Å². The van der Waals surface area contributed by atoms with Gasteiger partial charge in [0.2, 0.25) is 0 Å². The standard InChI is InChI=1S/C6H13N3O2.C6H14N2.C3H8BN/c1-6-2-4-9(5-3-6)7-8-11-10;1-7-3-5-8(2)6-4-7;1-5(2)3-4/h6,10H,2-5H2,1H3;3-6H2,1-2H3;3H2,1-2H3/b8-7+;;. The predicted octanol–water partition coefficient (Wildman–Crippen LogP) is -1.59. The topological polar surface area (TPSA) is 71.2 Å². The monoisotopic (exact) mass is 342 g/mol. The summed E-state index contributed by atoms with van der Waals surface area (Å²) in [5.41, 5.74) is 0. The molecule has 0 spiro atoms. The highest BCUT2D eigenvalue weighted by Gasteiger charge is 2.13. The Balaban J connectivity index is 0.000000358. The molecule has 2 heterocycles. The Bertz CT molecular complexity index is 296. The molecular weight excluding hydrogens is 307 g/mol. The van der Waals surface area contributed by atoms with Crippen LogP contribution in [0.2, 0.25) is 0 Å². The minimum atomic E-state index is 0.722. The van der Waals surface area contributed by atoms with Crippen molar-refractivity contribution in [2.75, 3.05) is 73.9 Å². The molecule has 8 nitrogen and oxygen atoms in total. The van der Waals surface area contributed by atoms with E-state index in [1.807, 2.05) is 14.1 Å². The van der Waals surface area contributed by atoms with Crippen LogP contribution in [0.25, 0.3) is 0 Å². The van der Waals surface area contributed by atoms with Crippen LogP contribution in [0.4, 0.5) is 0 Å². The number of hydrogen-bond acceptors (Lipinski definition) is 6. The molecule has 0 aromatic rings. The van der Waals surface area contributed by atoms with Crippen molar-refractivity contribution in [1.82, 2.24) is 14.8 Å². The van der Waals surface area contributed by atoms with Gasteiger partial charge in [-0.1, -0.05) is 6.92 Å². The van der Waals surface area contributed by atoms with Crippen molar-refractivity contribution in [1.29, 1.82) is 0 Å². The first kappa shape index (κ1) is 23.1. The highest BCUT2D eigenvalue weighted by atomic mass is 17.2. The number of likely N-dealkylation sites (N-methyl/N-ethyl adjacent to an activating group) is 2. The van der Waals surface area contributed by atoms with Crippen molar-refractivity contribution in [3.63, 3.8) is 0 Å². The Labute approximate surface area is 148 Å². The lowest BCUT2D eigenvalue weighted by atomic mass is 10.0. The lowest BCUT2D eigenvalue weighted by Crippen LogP contribution is -3.05. The third kappa shape index (κ3) is 13.5. The van der Waals surface area contributed by atoms with Crippen molar-refractivity contribution in [3.05, 3.63) is 0 Å². The number of nitrogens with zero attached hydrogens (tertiary/aromatic N) is 5. The van der Waals surface area contributed by atoms with E-state index in [9.17, 15) is 5.26 Å². The molecule has 0 unspecified atom stereocenters. The van der Waals surface area contributed by atoms with Crippen molar-refractivity contribution in [2.24, 2.45) is 16.4 Å². The van der Waals surface area contributed by atoms with Gasteiger partial charge in [0.25, 0.3) is 0 Å². The van der Waals surface area contributed by atoms with Crippen molar-refractivity contribution in [3.8, 4) is 0 Å². The van der Waals surface area contributed by atoms with E-state index in [-0.39, 0.29) is 0 Å². The molecule has 0 saturated carbocycles. The minimum Gasteiger partial charge on any atom is -0.636 e. The van der Waals surface area contributed by atoms with Gasteiger partial charge in [-0.15, -0.1) is 0 Å². The van der Waals surface area contributed by atoms with E-state index >= 15 is 0 Å². The number of piperazine rings is 1. The summed E-state index contributed by atoms with van der Waals surface area (Å²) in [6, 6.07) is 0. The average molecular weight is 342 g/mol. The van der Waals surface area contributed by atoms with Crippen molar-refractivity contribution < 1.29 is 15.1 Å². The Morgan fingerprint density at radius 3 is 1.79 bits per heavy atom. The molecular formula is C15H35BN6O2. The third-order valence-corrected chi connectivity index (χ3v) is 4.09. The van der Waals surface area contributed by atoms with Gasteiger partial charge in [-0.2, -0.15) is 0 Å². The normalized spacial score (nSPS) is 20.4. The first-order chi connectivity index (χ1) is 11.4. The smallest absolute Gasteiger partial charge is 0.149 e. The number of quaternary nitrogens is 1. The Hall–Kier alpha value is -0.895. The first-order valence-electron chi connectivity index (χ1n) is 8.70. The maximum Gasteiger partial charge on any atom is 0.149 e. The average Bonchev–Trinajstić information content (AvgIpc) is 2.58. The van der Waals surface area contributed by atoms with E-state index in [0.29, 0.717) is 0 Å². The summed E-state index contributed by atoms with van der Waals surface area (Å²) < 4.78 is 0. The molecule has 2 radical (unpaired) electrons. The second-order valence-electron chi connectivity index (χ2n) is 6.90. The van der Waals surface area contributed by atoms with Crippen LogP contribution in [0.5, 0.6) is 0 Å². The van der Waals surface area contributed by atoms with E-state index in [2.05, 4.69) is 46.3 Å². The molecule has 1 N–H and O–H groups in total. The number of hydrogen-bond donors (Lipinski definition) is 1. The number of piperidine rings is 1. The molecule has 2 rings (SSSR count). The number of rotatable bonds is 3. The van der Waals surface area contributed by atoms with Crippen molar-refractivity contribution in [2.45, 2.75) is 19.8 Å². The van der Waals surface area contributed by atoms with Gasteiger partial charge >= 0.3 is 0 Å². The van der Waals surface area contributed by atoms with Crippen LogP contribution in [0.15, 0.2) is 10.5 Å². The lowest BCUT2D eigenvalue weighted by molar-refractivity contribution is -0.845. The lowest BCUT2D eigenvalue weighted by Gasteiger charge is -2.28. The highest BCUT2D eigenvalue weighted by Crippen LogP contribution is 2.15. The summed E-state index contributed by atoms with van der Waals surface area (Å²) in [4.78, 5) is 9.24. The second kappa shape index (κ2) is 14.4. The van der Waals surface area contributed by atoms with Gasteiger partial charge in [0.1, 0.15) is 7.85 Å². The molecule has 0 aromatic carbocycles. The van der Waals surface area contributed by atoms with Crippen LogP contribution in [-0.4, -0.2) is 96.6 Å². The molecule has 2 fully saturated rings. The van der Waals surface area contributed by atoms with E-state index in [0.717, 1.165) is 38.3 Å². The molecule has 0 bridgehead atoms. The maximum absolute atomic E-state index is 9.45. The van der Waals surface area contributed by atoms with Crippen LogP contribution in [0.3, 0.4) is 0 Å². The zero-order chi connectivity index (χ0) is 18.4. The van der Waals surface area contributed by atoms with E-state index in [4.69, 9.17) is 7.85 Å². The Morgan fingerprint density at radius 2 is 1.46 bits per heavy atom. The summed E-state index contributed by atoms with van der Waals surface area (Å²) in [5, 5.41) is 17.7. The van der Waals surface area contributed by atoms with Crippen molar-refractivity contribution >= 4 is 7.85 Å². The maximum atomic E-state index is 9.45. The fourth-order valence-corrected chi connectivity index (χ4v) is 2.06. The van der Waals surface area contributed by atoms with Gasteiger partial charge in [0, 0.05) is 51.0 Å². The van der Waals surface area contributed by atoms with Gasteiger partial charge in [-0.05, 0) is 38.1 Å². The van der Waals surface area contributed by atoms with E-state index in [1.165, 1.54) is 31.1 Å². The van der Waals surface area contributed by atoms with Gasteiger partial charge in [-0.3, -0.25) is 5.01 Å². The summed E-state index contributed by atoms with van der Waals surface area (Å²) in [7, 11) is 13.5. The van der Waals surface area contributed by atoms with Crippen LogP contribution < -0.4 is 10.2 Å². The number of nitrogens with one attached hydrogen (secondary N) is 1. The van der Waals surface area contributed by atoms with Gasteiger partial charge < -0.3 is 24.9 Å². The first-order valence-corrected chi connectivity index (χ1v) is 8.70. The van der Waals surface area contributed by atoms with Crippen LogP contribution in [-0.2, 0) is 4.99 Å². The minimum absolute atomic E-state index is 0.722. The molecule has 2 aliphatic heterocycles. The van der Waals surface area contributed by atoms with Gasteiger partial charge in [-0.25, -0.2) is 0 Å². The summed E-state index contributed by atoms with van der Waals surface area (Å²) >= 11 is 0. The summed E-state index contributed by atoms with van der Waals surface area (Å²) in [5.74, 6) is 0.759. The molecule has 24 heavy (non-hydrogen) atoms. The Kier molecular flexibility index (Phi) is 13.9. The summed E-state index contributed by atoms with van der Waals surface area (Å²) in [6.07, 6.45) is 2.94. The quantitative estimate of drug-likeness (QED) is 0.290. The summed E-state index contributed by atoms with van der Waals surface area (Å²) in [6.45, 7) is 8.88. The molecule has 0 aliphatic carbocycles. The van der Waals surface area contributed by atoms with Gasteiger partial charge in [0.15, 0.2) is 0 Å². The van der Waals surface area contributed by atoms with Crippen LogP contribution in [0, 0.1) is 5.92 Å². The molecule has 2 aliphatic rings. The second-order valence-corrected chi connectivity index (χ2v) is 6.90.